The van der Waals surface area contributed by atoms with E-state index in [-0.39, 0.29) is 30.1 Å². The average Bonchev–Trinajstić information content (AvgIpc) is 2.84. The number of aromatic nitrogens is 2. The van der Waals surface area contributed by atoms with Crippen molar-refractivity contribution < 1.29 is 14.5 Å². The number of hydrogen-bond acceptors (Lipinski definition) is 6. The average molecular weight is 297 g/mol. The van der Waals surface area contributed by atoms with E-state index in [0.29, 0.717) is 0 Å². The van der Waals surface area contributed by atoms with E-state index in [4.69, 9.17) is 4.74 Å². The largest absolute Gasteiger partial charge is 0.475 e. The van der Waals surface area contributed by atoms with Gasteiger partial charge in [-0.1, -0.05) is 0 Å². The van der Waals surface area contributed by atoms with Crippen molar-refractivity contribution in [2.24, 2.45) is 0 Å². The summed E-state index contributed by atoms with van der Waals surface area (Å²) in [7, 11) is 3.35. The van der Waals surface area contributed by atoms with Crippen LogP contribution < -0.4 is 10.1 Å². The molecule has 0 atom stereocenters. The van der Waals surface area contributed by atoms with E-state index >= 15 is 0 Å². The third-order valence-electron chi connectivity index (χ3n) is 3.49. The van der Waals surface area contributed by atoms with Crippen molar-refractivity contribution >= 4 is 11.6 Å². The number of carbonyl (C=O) groups excluding carboxylic acids is 1. The summed E-state index contributed by atoms with van der Waals surface area (Å²) in [6.45, 7) is 1.84. The summed E-state index contributed by atoms with van der Waals surface area (Å²) in [5.41, 5.74) is -0.246. The highest BCUT2D eigenvalue weighted by atomic mass is 16.6. The Labute approximate surface area is 122 Å². The van der Waals surface area contributed by atoms with Crippen LogP contribution in [-0.4, -0.2) is 58.8 Å². The Morgan fingerprint density at radius 1 is 1.57 bits per heavy atom. The lowest BCUT2D eigenvalue weighted by molar-refractivity contribution is -0.385. The van der Waals surface area contributed by atoms with Crippen molar-refractivity contribution in [3.8, 4) is 5.88 Å². The fraction of sp³-hybridized carbons (Fsp3) is 0.667. The molecule has 1 amide bonds. The Bertz CT molecular complexity index is 522. The second-order valence-corrected chi connectivity index (χ2v) is 5.12. The molecule has 1 N–H and O–H groups in total. The minimum absolute atomic E-state index is 0.0590. The molecule has 0 aliphatic carbocycles. The second kappa shape index (κ2) is 6.53. The molecular weight excluding hydrogens is 278 g/mol. The van der Waals surface area contributed by atoms with E-state index in [2.05, 4.69) is 15.3 Å². The number of likely N-dealkylation sites (tertiary alicyclic amines) is 1. The Morgan fingerprint density at radius 3 is 2.76 bits per heavy atom. The third kappa shape index (κ3) is 3.91. The van der Waals surface area contributed by atoms with Crippen LogP contribution in [0.1, 0.15) is 12.8 Å². The van der Waals surface area contributed by atoms with Crippen LogP contribution in [0.3, 0.4) is 0 Å². The lowest BCUT2D eigenvalue weighted by atomic mass is 10.1. The standard InChI is InChI=1S/C12H19N5O4/c1-15-5-3-9(4-6-15)13-11(18)8-16-7-10(17(19)20)12(14-16)21-2/h7,9H,3-6,8H2,1-2H3,(H,13,18). The van der Waals surface area contributed by atoms with Gasteiger partial charge in [0.25, 0.3) is 0 Å². The maximum atomic E-state index is 11.9. The zero-order valence-corrected chi connectivity index (χ0v) is 12.1. The summed E-state index contributed by atoms with van der Waals surface area (Å²) in [4.78, 5) is 24.4. The van der Waals surface area contributed by atoms with Crippen LogP contribution in [0, 0.1) is 10.1 Å². The van der Waals surface area contributed by atoms with Gasteiger partial charge in [-0.3, -0.25) is 19.6 Å². The molecule has 0 saturated carbocycles. The zero-order chi connectivity index (χ0) is 15.4. The first kappa shape index (κ1) is 15.2. The first-order chi connectivity index (χ1) is 9.99. The van der Waals surface area contributed by atoms with Gasteiger partial charge < -0.3 is 15.0 Å². The van der Waals surface area contributed by atoms with E-state index in [1.54, 1.807) is 0 Å². The zero-order valence-electron chi connectivity index (χ0n) is 12.1. The number of nitrogens with zero attached hydrogens (tertiary/aromatic N) is 4. The molecule has 1 aromatic heterocycles. The van der Waals surface area contributed by atoms with Crippen molar-refractivity contribution in [1.29, 1.82) is 0 Å². The molecule has 9 heteroatoms. The molecule has 1 aliphatic rings. The van der Waals surface area contributed by atoms with Crippen molar-refractivity contribution in [3.05, 3.63) is 16.3 Å². The second-order valence-electron chi connectivity index (χ2n) is 5.12. The summed E-state index contributed by atoms with van der Waals surface area (Å²) in [5.74, 6) is -0.295. The molecule has 2 rings (SSSR count). The molecule has 2 heterocycles. The molecule has 0 spiro atoms. The minimum atomic E-state index is -0.586. The number of piperidine rings is 1. The van der Waals surface area contributed by atoms with Gasteiger partial charge in [0.2, 0.25) is 5.91 Å². The Hall–Kier alpha value is -2.16. The van der Waals surface area contributed by atoms with E-state index < -0.39 is 4.92 Å². The lowest BCUT2D eigenvalue weighted by Gasteiger charge is -2.29. The van der Waals surface area contributed by atoms with Crippen LogP contribution in [0.5, 0.6) is 5.88 Å². The fourth-order valence-corrected chi connectivity index (χ4v) is 2.32. The molecule has 1 fully saturated rings. The number of rotatable bonds is 5. The number of carbonyl (C=O) groups is 1. The van der Waals surface area contributed by atoms with Gasteiger partial charge in [-0.05, 0) is 33.0 Å². The summed E-state index contributed by atoms with van der Waals surface area (Å²) in [5, 5.41) is 17.6. The lowest BCUT2D eigenvalue weighted by Crippen LogP contribution is -2.44. The number of amides is 1. The van der Waals surface area contributed by atoms with E-state index in [1.165, 1.54) is 18.0 Å². The van der Waals surface area contributed by atoms with E-state index in [9.17, 15) is 14.9 Å². The number of hydrogen-bond donors (Lipinski definition) is 1. The quantitative estimate of drug-likeness (QED) is 0.606. The Balaban J connectivity index is 1.92. The van der Waals surface area contributed by atoms with E-state index in [0.717, 1.165) is 25.9 Å². The molecule has 116 valence electrons. The molecule has 1 aromatic rings. The fourth-order valence-electron chi connectivity index (χ4n) is 2.32. The maximum absolute atomic E-state index is 11.9. The van der Waals surface area contributed by atoms with Crippen LogP contribution in [0.4, 0.5) is 5.69 Å². The number of nitro groups is 1. The number of ether oxygens (including phenoxy) is 1. The van der Waals surface area contributed by atoms with Crippen molar-refractivity contribution in [3.63, 3.8) is 0 Å². The van der Waals surface area contributed by atoms with Crippen LogP contribution >= 0.6 is 0 Å². The molecule has 0 bridgehead atoms. The molecule has 9 nitrogen and oxygen atoms in total. The Kier molecular flexibility index (Phi) is 4.73. The highest BCUT2D eigenvalue weighted by Crippen LogP contribution is 2.23. The monoisotopic (exact) mass is 297 g/mol. The highest BCUT2D eigenvalue weighted by Gasteiger charge is 2.22. The van der Waals surface area contributed by atoms with Crippen molar-refractivity contribution in [2.45, 2.75) is 25.4 Å². The van der Waals surface area contributed by atoms with Gasteiger partial charge in [0, 0.05) is 6.04 Å². The van der Waals surface area contributed by atoms with E-state index in [1.807, 2.05) is 7.05 Å². The molecule has 1 aliphatic heterocycles. The van der Waals surface area contributed by atoms with Crippen LogP contribution in [-0.2, 0) is 11.3 Å². The number of methoxy groups -OCH3 is 1. The molecule has 0 unspecified atom stereocenters. The first-order valence-electron chi connectivity index (χ1n) is 6.73. The summed E-state index contributed by atoms with van der Waals surface area (Å²) in [6, 6.07) is 0.154. The molecule has 0 aromatic carbocycles. The van der Waals surface area contributed by atoms with Crippen LogP contribution in [0.15, 0.2) is 6.20 Å². The predicted octanol–water partition coefficient (Wildman–Crippen LogP) is 0.0103. The highest BCUT2D eigenvalue weighted by molar-refractivity contribution is 5.76. The topological polar surface area (TPSA) is 103 Å². The van der Waals surface area contributed by atoms with Crippen LogP contribution in [0.2, 0.25) is 0 Å². The van der Waals surface area contributed by atoms with Gasteiger partial charge in [-0.15, -0.1) is 5.10 Å². The van der Waals surface area contributed by atoms with Crippen molar-refractivity contribution in [2.75, 3.05) is 27.2 Å². The van der Waals surface area contributed by atoms with Gasteiger partial charge in [0.05, 0.1) is 12.0 Å². The molecule has 0 radical (unpaired) electrons. The number of nitrogens with one attached hydrogen (secondary N) is 1. The SMILES string of the molecule is COc1nn(CC(=O)NC2CCN(C)CC2)cc1[N+](=O)[O-]. The normalized spacial score (nSPS) is 16.7. The maximum Gasteiger partial charge on any atom is 0.350 e. The molecule has 21 heavy (non-hydrogen) atoms. The van der Waals surface area contributed by atoms with Crippen molar-refractivity contribution in [1.82, 2.24) is 20.0 Å². The first-order valence-corrected chi connectivity index (χ1v) is 6.73. The molecule has 1 saturated heterocycles. The smallest absolute Gasteiger partial charge is 0.350 e. The summed E-state index contributed by atoms with van der Waals surface area (Å²) in [6.07, 6.45) is 3.02. The predicted molar refractivity (Wildman–Crippen MR) is 74.1 cm³/mol. The summed E-state index contributed by atoms with van der Waals surface area (Å²) < 4.78 is 6.04. The van der Waals surface area contributed by atoms with Gasteiger partial charge >= 0.3 is 11.6 Å². The summed E-state index contributed by atoms with van der Waals surface area (Å²) >= 11 is 0. The van der Waals surface area contributed by atoms with Gasteiger partial charge in [-0.25, -0.2) is 0 Å². The molecular formula is C12H19N5O4. The van der Waals surface area contributed by atoms with Gasteiger partial charge in [0.15, 0.2) is 0 Å². The third-order valence-corrected chi connectivity index (χ3v) is 3.49. The van der Waals surface area contributed by atoms with Gasteiger partial charge in [0.1, 0.15) is 12.7 Å². The minimum Gasteiger partial charge on any atom is -0.475 e. The van der Waals surface area contributed by atoms with Gasteiger partial charge in [-0.2, -0.15) is 0 Å². The Morgan fingerprint density at radius 2 is 2.24 bits per heavy atom. The van der Waals surface area contributed by atoms with Crippen LogP contribution in [0.25, 0.3) is 0 Å².